The van der Waals surface area contributed by atoms with Gasteiger partial charge in [-0.05, 0) is 55.7 Å². The van der Waals surface area contributed by atoms with Gasteiger partial charge < -0.3 is 21.1 Å². The third kappa shape index (κ3) is 4.82. The minimum atomic E-state index is -0.843. The number of aromatic nitrogens is 2. The molecule has 4 N–H and O–H groups in total. The summed E-state index contributed by atoms with van der Waals surface area (Å²) in [4.78, 5) is 35.7. The number of benzene rings is 1. The molecule has 184 valence electrons. The molecule has 0 saturated heterocycles. The smallest absolute Gasteiger partial charge is 0.251 e. The summed E-state index contributed by atoms with van der Waals surface area (Å²) in [7, 11) is 3.68. The van der Waals surface area contributed by atoms with Crippen molar-refractivity contribution in [3.63, 3.8) is 0 Å². The molecule has 2 fully saturated rings. The second kappa shape index (κ2) is 9.92. The topological polar surface area (TPSA) is 125 Å². The lowest BCUT2D eigenvalue weighted by Crippen LogP contribution is -2.58. The SMILES string of the molecule is CC.Cc1cc(C(N)=O)c(F)cc1Nc1ncc(N(C)C)c(N(C=O)C2CC3(CC(O)C3)C2)n1. The molecule has 0 radical (unpaired) electrons. The molecule has 2 aliphatic rings. The van der Waals surface area contributed by atoms with E-state index in [-0.39, 0.29) is 29.1 Å². The summed E-state index contributed by atoms with van der Waals surface area (Å²) in [5.41, 5.74) is 6.81. The van der Waals surface area contributed by atoms with Crippen molar-refractivity contribution in [2.24, 2.45) is 11.1 Å². The molecule has 1 aromatic heterocycles. The first kappa shape index (κ1) is 25.4. The lowest BCUT2D eigenvalue weighted by atomic mass is 9.52. The molecule has 10 heteroatoms. The van der Waals surface area contributed by atoms with Crippen LogP contribution in [0.15, 0.2) is 18.3 Å². The Morgan fingerprint density at radius 3 is 2.44 bits per heavy atom. The van der Waals surface area contributed by atoms with Gasteiger partial charge in [-0.25, -0.2) is 9.37 Å². The van der Waals surface area contributed by atoms with Gasteiger partial charge in [0.15, 0.2) is 5.82 Å². The van der Waals surface area contributed by atoms with Crippen LogP contribution in [0.1, 0.15) is 55.5 Å². The van der Waals surface area contributed by atoms with E-state index in [0.29, 0.717) is 22.8 Å². The van der Waals surface area contributed by atoms with E-state index in [2.05, 4.69) is 15.3 Å². The standard InChI is InChI=1S/C22H27FN6O3.C2H6/c1-12-4-15(19(24)32)16(23)5-17(12)26-21-25-10-18(28(2)3)20(27-21)29(11-30)13-6-22(7-13)8-14(31)9-22;1-2/h4-5,10-11,13-14,31H,6-9H2,1-3H3,(H2,24,32)(H,25,26,27);1-2H3. The summed E-state index contributed by atoms with van der Waals surface area (Å²) in [5.74, 6) is -0.938. The number of amides is 2. The van der Waals surface area contributed by atoms with E-state index in [1.807, 2.05) is 32.8 Å². The molecular weight excluding hydrogens is 439 g/mol. The van der Waals surface area contributed by atoms with Crippen molar-refractivity contribution in [1.29, 1.82) is 0 Å². The summed E-state index contributed by atoms with van der Waals surface area (Å²) in [5, 5.41) is 12.6. The molecule has 34 heavy (non-hydrogen) atoms. The average molecular weight is 473 g/mol. The van der Waals surface area contributed by atoms with Gasteiger partial charge in [-0.1, -0.05) is 13.8 Å². The van der Waals surface area contributed by atoms with Crippen LogP contribution in [-0.2, 0) is 4.79 Å². The van der Waals surface area contributed by atoms with Gasteiger partial charge in [0, 0.05) is 25.8 Å². The number of aliphatic hydroxyl groups excluding tert-OH is 1. The van der Waals surface area contributed by atoms with Crippen molar-refractivity contribution in [1.82, 2.24) is 9.97 Å². The lowest BCUT2D eigenvalue weighted by molar-refractivity contribution is -0.113. The van der Waals surface area contributed by atoms with E-state index in [9.17, 15) is 19.1 Å². The van der Waals surface area contributed by atoms with Crippen LogP contribution in [0.2, 0.25) is 0 Å². The number of primary amides is 1. The molecule has 2 aromatic rings. The molecule has 1 aromatic carbocycles. The van der Waals surface area contributed by atoms with Gasteiger partial charge in [0.1, 0.15) is 5.82 Å². The maximum atomic E-state index is 14.3. The van der Waals surface area contributed by atoms with Crippen molar-refractivity contribution < 1.29 is 19.1 Å². The van der Waals surface area contributed by atoms with Crippen molar-refractivity contribution in [3.05, 3.63) is 35.3 Å². The number of nitrogens with zero attached hydrogens (tertiary/aromatic N) is 4. The molecule has 2 amide bonds. The number of aliphatic hydroxyl groups is 1. The average Bonchev–Trinajstić information content (AvgIpc) is 2.75. The van der Waals surface area contributed by atoms with E-state index in [1.54, 1.807) is 18.0 Å². The zero-order chi connectivity index (χ0) is 25.2. The number of halogens is 1. The minimum Gasteiger partial charge on any atom is -0.393 e. The summed E-state index contributed by atoms with van der Waals surface area (Å²) in [6, 6.07) is 2.54. The largest absolute Gasteiger partial charge is 0.393 e. The third-order valence-corrected chi connectivity index (χ3v) is 6.48. The van der Waals surface area contributed by atoms with Crippen LogP contribution in [0.25, 0.3) is 0 Å². The third-order valence-electron chi connectivity index (χ3n) is 6.48. The molecule has 2 aliphatic carbocycles. The fraction of sp³-hybridized carbons (Fsp3) is 0.500. The van der Waals surface area contributed by atoms with Gasteiger partial charge >= 0.3 is 0 Å². The molecule has 1 spiro atoms. The Balaban J connectivity index is 0.00000158. The zero-order valence-corrected chi connectivity index (χ0v) is 20.3. The number of aryl methyl sites for hydroxylation is 1. The maximum absolute atomic E-state index is 14.3. The van der Waals surface area contributed by atoms with Crippen molar-refractivity contribution >= 4 is 35.5 Å². The van der Waals surface area contributed by atoms with Crippen molar-refractivity contribution in [2.45, 2.75) is 58.6 Å². The quantitative estimate of drug-likeness (QED) is 0.529. The number of hydrogen-bond donors (Lipinski definition) is 3. The second-order valence-electron chi connectivity index (χ2n) is 9.07. The fourth-order valence-electron chi connectivity index (χ4n) is 4.78. The number of nitrogens with two attached hydrogens (primary N) is 1. The van der Waals surface area contributed by atoms with Crippen LogP contribution < -0.4 is 20.9 Å². The van der Waals surface area contributed by atoms with Gasteiger partial charge in [0.25, 0.3) is 5.91 Å². The van der Waals surface area contributed by atoms with Crippen LogP contribution in [-0.4, -0.2) is 53.6 Å². The van der Waals surface area contributed by atoms with Gasteiger partial charge in [0.05, 0.1) is 23.6 Å². The Morgan fingerprint density at radius 2 is 1.91 bits per heavy atom. The van der Waals surface area contributed by atoms with Crippen LogP contribution in [0, 0.1) is 18.2 Å². The van der Waals surface area contributed by atoms with E-state index >= 15 is 0 Å². The van der Waals surface area contributed by atoms with Gasteiger partial charge in [-0.3, -0.25) is 14.5 Å². The first-order valence-corrected chi connectivity index (χ1v) is 11.5. The Labute approximate surface area is 199 Å². The van der Waals surface area contributed by atoms with E-state index < -0.39 is 11.7 Å². The first-order chi connectivity index (χ1) is 16.1. The Bertz CT molecular complexity index is 1060. The number of carbonyl (C=O) groups is 2. The first-order valence-electron chi connectivity index (χ1n) is 11.5. The van der Waals surface area contributed by atoms with Crippen LogP contribution in [0.3, 0.4) is 0 Å². The highest BCUT2D eigenvalue weighted by molar-refractivity contribution is 5.94. The highest BCUT2D eigenvalue weighted by Crippen LogP contribution is 2.57. The van der Waals surface area contributed by atoms with E-state index in [0.717, 1.165) is 32.1 Å². The van der Waals surface area contributed by atoms with Crippen LogP contribution >= 0.6 is 0 Å². The molecule has 9 nitrogen and oxygen atoms in total. The molecule has 2 saturated carbocycles. The molecule has 4 rings (SSSR count). The Hall–Kier alpha value is -3.27. The molecule has 0 aliphatic heterocycles. The predicted molar refractivity (Wildman–Crippen MR) is 130 cm³/mol. The molecule has 1 heterocycles. The van der Waals surface area contributed by atoms with Crippen LogP contribution in [0.4, 0.5) is 27.5 Å². The zero-order valence-electron chi connectivity index (χ0n) is 20.3. The fourth-order valence-corrected chi connectivity index (χ4v) is 4.78. The number of nitrogens with one attached hydrogen (secondary N) is 1. The van der Waals surface area contributed by atoms with Gasteiger partial charge in [0.2, 0.25) is 12.4 Å². The normalized spacial score (nSPS) is 22.6. The van der Waals surface area contributed by atoms with Crippen LogP contribution in [0.5, 0.6) is 0 Å². The van der Waals surface area contributed by atoms with Crippen molar-refractivity contribution in [3.8, 4) is 0 Å². The summed E-state index contributed by atoms with van der Waals surface area (Å²) in [6.07, 6.45) is 5.34. The number of anilines is 4. The molecule has 0 atom stereocenters. The molecule has 0 unspecified atom stereocenters. The highest BCUT2D eigenvalue weighted by atomic mass is 19.1. The summed E-state index contributed by atoms with van der Waals surface area (Å²) < 4.78 is 14.3. The molecular formula is C24H33FN6O3. The van der Waals surface area contributed by atoms with E-state index in [4.69, 9.17) is 5.73 Å². The van der Waals surface area contributed by atoms with Gasteiger partial charge in [-0.15, -0.1) is 0 Å². The number of rotatable bonds is 7. The van der Waals surface area contributed by atoms with Gasteiger partial charge in [-0.2, -0.15) is 4.98 Å². The Morgan fingerprint density at radius 1 is 1.26 bits per heavy atom. The monoisotopic (exact) mass is 472 g/mol. The molecule has 0 bridgehead atoms. The summed E-state index contributed by atoms with van der Waals surface area (Å²) >= 11 is 0. The second-order valence-corrected chi connectivity index (χ2v) is 9.07. The van der Waals surface area contributed by atoms with E-state index in [1.165, 1.54) is 12.1 Å². The highest BCUT2D eigenvalue weighted by Gasteiger charge is 2.54. The summed E-state index contributed by atoms with van der Waals surface area (Å²) in [6.45, 7) is 5.71. The number of carbonyl (C=O) groups excluding carboxylic acids is 2. The minimum absolute atomic E-state index is 0.00418. The van der Waals surface area contributed by atoms with Crippen molar-refractivity contribution in [2.75, 3.05) is 29.2 Å². The number of hydrogen-bond acceptors (Lipinski definition) is 7. The predicted octanol–water partition coefficient (Wildman–Crippen LogP) is 3.13. The maximum Gasteiger partial charge on any atom is 0.251 e. The Kier molecular flexibility index (Phi) is 7.40. The lowest BCUT2D eigenvalue weighted by Gasteiger charge is -2.58.